The van der Waals surface area contributed by atoms with Crippen molar-refractivity contribution in [3.63, 3.8) is 0 Å². The second kappa shape index (κ2) is 1.87. The van der Waals surface area contributed by atoms with E-state index in [1.54, 1.807) is 23.4 Å². The number of amides is 1. The zero-order chi connectivity index (χ0) is 6.97. The Hall–Kier alpha value is -1.25. The van der Waals surface area contributed by atoms with Gasteiger partial charge < -0.3 is 9.88 Å². The number of nitrogens with zero attached hydrogens (tertiary/aromatic N) is 1. The molecule has 1 N–H and O–H groups in total. The fourth-order valence-corrected chi connectivity index (χ4v) is 0.893. The highest BCUT2D eigenvalue weighted by Gasteiger charge is 2.24. The van der Waals surface area contributed by atoms with Crippen LogP contribution in [-0.2, 0) is 0 Å². The molecule has 52 valence electrons. The minimum Gasteiger partial charge on any atom is -0.367 e. The van der Waals surface area contributed by atoms with Crippen molar-refractivity contribution in [3.8, 4) is 0 Å². The van der Waals surface area contributed by atoms with Crippen molar-refractivity contribution >= 4 is 5.91 Å². The molecule has 0 unspecified atom stereocenters. The molecule has 1 saturated heterocycles. The summed E-state index contributed by atoms with van der Waals surface area (Å²) in [5, 5.41) is 0. The first kappa shape index (κ1) is 5.53. The van der Waals surface area contributed by atoms with E-state index in [0.717, 1.165) is 18.7 Å². The predicted molar refractivity (Wildman–Crippen MR) is 36.7 cm³/mol. The average molecular weight is 136 g/mol. The van der Waals surface area contributed by atoms with Gasteiger partial charge in [0.15, 0.2) is 0 Å². The maximum atomic E-state index is 11.2. The molecule has 1 fully saturated rings. The van der Waals surface area contributed by atoms with Crippen molar-refractivity contribution in [3.05, 3.63) is 24.0 Å². The zero-order valence-corrected chi connectivity index (χ0v) is 5.50. The number of hydrogen-bond acceptors (Lipinski definition) is 1. The van der Waals surface area contributed by atoms with Crippen molar-refractivity contribution in [2.45, 2.75) is 0 Å². The molecule has 1 aromatic rings. The Morgan fingerprint density at radius 1 is 1.60 bits per heavy atom. The van der Waals surface area contributed by atoms with E-state index in [-0.39, 0.29) is 5.91 Å². The predicted octanol–water partition coefficient (Wildman–Crippen LogP) is 0.470. The van der Waals surface area contributed by atoms with Crippen LogP contribution in [0.5, 0.6) is 0 Å². The molecule has 0 saturated carbocycles. The first-order chi connectivity index (χ1) is 4.88. The van der Waals surface area contributed by atoms with Crippen molar-refractivity contribution in [1.29, 1.82) is 0 Å². The van der Waals surface area contributed by atoms with Crippen LogP contribution < -0.4 is 0 Å². The number of hydrogen-bond donors (Lipinski definition) is 1. The van der Waals surface area contributed by atoms with Gasteiger partial charge in [-0.3, -0.25) is 4.79 Å². The monoisotopic (exact) mass is 136 g/mol. The number of carbonyl (C=O) groups is 1. The topological polar surface area (TPSA) is 35.9 Å². The highest BCUT2D eigenvalue weighted by atomic mass is 16.2. The molecule has 1 aromatic heterocycles. The Labute approximate surface area is 58.7 Å². The Kier molecular flexibility index (Phi) is 1.03. The number of nitrogens with one attached hydrogen (secondary N) is 1. The van der Waals surface area contributed by atoms with Crippen molar-refractivity contribution in [2.24, 2.45) is 0 Å². The molecular weight excluding hydrogens is 128 g/mol. The van der Waals surface area contributed by atoms with Crippen molar-refractivity contribution in [1.82, 2.24) is 9.88 Å². The minimum atomic E-state index is 0.140. The number of H-pyrrole nitrogens is 1. The molecule has 0 spiro atoms. The van der Waals surface area contributed by atoms with Gasteiger partial charge in [0.05, 0.1) is 5.56 Å². The lowest BCUT2D eigenvalue weighted by atomic mass is 10.3. The zero-order valence-electron chi connectivity index (χ0n) is 5.50. The van der Waals surface area contributed by atoms with E-state index in [1.807, 2.05) is 0 Å². The molecule has 1 amide bonds. The highest BCUT2D eigenvalue weighted by Crippen LogP contribution is 2.10. The second-order valence-corrected chi connectivity index (χ2v) is 2.39. The Morgan fingerprint density at radius 2 is 2.40 bits per heavy atom. The summed E-state index contributed by atoms with van der Waals surface area (Å²) in [5.41, 5.74) is 0.762. The van der Waals surface area contributed by atoms with E-state index < -0.39 is 0 Å². The van der Waals surface area contributed by atoms with Crippen molar-refractivity contribution < 1.29 is 4.79 Å². The van der Waals surface area contributed by atoms with E-state index in [2.05, 4.69) is 4.98 Å². The van der Waals surface area contributed by atoms with Crippen LogP contribution in [0.4, 0.5) is 0 Å². The molecule has 1 aliphatic heterocycles. The molecule has 3 nitrogen and oxygen atoms in total. The van der Waals surface area contributed by atoms with Gasteiger partial charge in [-0.15, -0.1) is 0 Å². The molecule has 2 heterocycles. The summed E-state index contributed by atoms with van der Waals surface area (Å²) in [5.74, 6) is 0.140. The summed E-state index contributed by atoms with van der Waals surface area (Å²) in [4.78, 5) is 15.8. The van der Waals surface area contributed by atoms with Gasteiger partial charge >= 0.3 is 0 Å². The van der Waals surface area contributed by atoms with E-state index in [9.17, 15) is 4.79 Å². The maximum Gasteiger partial charge on any atom is 0.255 e. The first-order valence-electron chi connectivity index (χ1n) is 3.30. The van der Waals surface area contributed by atoms with Gasteiger partial charge in [-0.2, -0.15) is 0 Å². The minimum absolute atomic E-state index is 0.140. The smallest absolute Gasteiger partial charge is 0.255 e. The Balaban J connectivity index is 2.19. The van der Waals surface area contributed by atoms with Gasteiger partial charge in [-0.1, -0.05) is 0 Å². The van der Waals surface area contributed by atoms with E-state index in [0.29, 0.717) is 0 Å². The molecular formula is C7H8N2O. The highest BCUT2D eigenvalue weighted by molar-refractivity contribution is 5.95. The summed E-state index contributed by atoms with van der Waals surface area (Å²) in [6, 6.07) is 1.79. The van der Waals surface area contributed by atoms with Crippen LogP contribution in [0.3, 0.4) is 0 Å². The lowest BCUT2D eigenvalue weighted by Gasteiger charge is -1.94. The summed E-state index contributed by atoms with van der Waals surface area (Å²) < 4.78 is 0. The van der Waals surface area contributed by atoms with Crippen LogP contribution in [0.15, 0.2) is 18.5 Å². The molecule has 0 bridgehead atoms. The molecule has 0 atom stereocenters. The standard InChI is InChI=1S/C7H8N2O/c10-7(9-3-4-9)6-1-2-8-5-6/h1-2,5,8H,3-4H2. The van der Waals surface area contributed by atoms with Crippen molar-refractivity contribution in [2.75, 3.05) is 13.1 Å². The van der Waals surface area contributed by atoms with Gasteiger partial charge in [-0.05, 0) is 6.07 Å². The van der Waals surface area contributed by atoms with E-state index >= 15 is 0 Å². The molecule has 10 heavy (non-hydrogen) atoms. The number of aromatic amines is 1. The number of rotatable bonds is 1. The summed E-state index contributed by atoms with van der Waals surface area (Å²) in [6.07, 6.45) is 3.48. The quantitative estimate of drug-likeness (QED) is 0.560. The summed E-state index contributed by atoms with van der Waals surface area (Å²) in [6.45, 7) is 1.84. The third kappa shape index (κ3) is 0.795. The van der Waals surface area contributed by atoms with Gasteiger partial charge in [-0.25, -0.2) is 0 Å². The van der Waals surface area contributed by atoms with Crippen LogP contribution in [0.25, 0.3) is 0 Å². The Bertz CT molecular complexity index is 236. The van der Waals surface area contributed by atoms with Gasteiger partial charge in [0.1, 0.15) is 0 Å². The Morgan fingerprint density at radius 3 is 2.90 bits per heavy atom. The van der Waals surface area contributed by atoms with E-state index in [4.69, 9.17) is 0 Å². The van der Waals surface area contributed by atoms with Crippen LogP contribution in [-0.4, -0.2) is 28.9 Å². The lowest BCUT2D eigenvalue weighted by molar-refractivity contribution is 0.0885. The van der Waals surface area contributed by atoms with E-state index in [1.165, 1.54) is 0 Å². The fraction of sp³-hybridized carbons (Fsp3) is 0.286. The summed E-state index contributed by atoms with van der Waals surface area (Å²) >= 11 is 0. The molecule has 2 rings (SSSR count). The SMILES string of the molecule is O=C(c1cc[nH]c1)N1CC1. The third-order valence-electron chi connectivity index (χ3n) is 1.58. The molecule has 3 heteroatoms. The van der Waals surface area contributed by atoms with Crippen LogP contribution in [0.2, 0.25) is 0 Å². The number of carbonyl (C=O) groups excluding carboxylic acids is 1. The number of aromatic nitrogens is 1. The normalized spacial score (nSPS) is 15.4. The first-order valence-corrected chi connectivity index (χ1v) is 3.30. The van der Waals surface area contributed by atoms with Crippen LogP contribution in [0, 0.1) is 0 Å². The maximum absolute atomic E-state index is 11.2. The molecule has 1 aliphatic rings. The lowest BCUT2D eigenvalue weighted by Crippen LogP contribution is -2.08. The largest absolute Gasteiger partial charge is 0.367 e. The van der Waals surface area contributed by atoms with Crippen LogP contribution in [0.1, 0.15) is 10.4 Å². The second-order valence-electron chi connectivity index (χ2n) is 2.39. The van der Waals surface area contributed by atoms with Gasteiger partial charge in [0.2, 0.25) is 0 Å². The third-order valence-corrected chi connectivity index (χ3v) is 1.58. The molecule has 0 aliphatic carbocycles. The molecule has 0 radical (unpaired) electrons. The molecule has 0 aromatic carbocycles. The van der Waals surface area contributed by atoms with Gasteiger partial charge in [0, 0.05) is 25.5 Å². The summed E-state index contributed by atoms with van der Waals surface area (Å²) in [7, 11) is 0. The van der Waals surface area contributed by atoms with Gasteiger partial charge in [0.25, 0.3) is 5.91 Å². The average Bonchev–Trinajstić information content (AvgIpc) is 2.65. The van der Waals surface area contributed by atoms with Crippen LogP contribution >= 0.6 is 0 Å². The fourth-order valence-electron chi connectivity index (χ4n) is 0.893.